The second-order valence-corrected chi connectivity index (χ2v) is 19.5. The molecule has 7 aromatic carbocycles. The molecule has 9 nitrogen and oxygen atoms in total. The molecular formula is C58H62N2O7. The summed E-state index contributed by atoms with van der Waals surface area (Å²) in [6.07, 6.45) is 2.57. The molecule has 9 rings (SSSR count). The minimum atomic E-state index is -0.359. The molecule has 0 spiro atoms. The first-order chi connectivity index (χ1) is 32.3. The lowest BCUT2D eigenvalue weighted by atomic mass is 9.79. The van der Waals surface area contributed by atoms with Gasteiger partial charge in [-0.3, -0.25) is 19.2 Å². The van der Waals surface area contributed by atoms with Crippen molar-refractivity contribution in [2.24, 2.45) is 0 Å². The molecule has 0 radical (unpaired) electrons. The van der Waals surface area contributed by atoms with Gasteiger partial charge in [-0.15, -0.1) is 0 Å². The van der Waals surface area contributed by atoms with E-state index in [1.54, 1.807) is 0 Å². The van der Waals surface area contributed by atoms with E-state index in [1.165, 1.54) is 9.80 Å². The van der Waals surface area contributed by atoms with Gasteiger partial charge in [0.1, 0.15) is 0 Å². The summed E-state index contributed by atoms with van der Waals surface area (Å²) in [6, 6.07) is 25.6. The number of hydrogen-bond acceptors (Lipinski definition) is 7. The first kappa shape index (κ1) is 46.1. The Morgan fingerprint density at radius 1 is 0.418 bits per heavy atom. The zero-order valence-corrected chi connectivity index (χ0v) is 40.4. The maximum atomic E-state index is 15.3. The van der Waals surface area contributed by atoms with Crippen LogP contribution in [-0.4, -0.2) is 63.3 Å². The van der Waals surface area contributed by atoms with Crippen molar-refractivity contribution in [1.82, 2.24) is 0 Å². The fraction of sp³-hybridized carbons (Fsp3) is 0.379. The van der Waals surface area contributed by atoms with Crippen LogP contribution in [0.2, 0.25) is 0 Å². The summed E-state index contributed by atoms with van der Waals surface area (Å²) in [5.74, 6) is -1.16. The van der Waals surface area contributed by atoms with E-state index in [0.717, 1.165) is 79.6 Å². The molecule has 0 unspecified atom stereocenters. The van der Waals surface area contributed by atoms with Crippen LogP contribution in [0.15, 0.2) is 78.9 Å². The van der Waals surface area contributed by atoms with E-state index in [9.17, 15) is 0 Å². The van der Waals surface area contributed by atoms with Gasteiger partial charge in [-0.2, -0.15) is 0 Å². The van der Waals surface area contributed by atoms with Crippen molar-refractivity contribution >= 4 is 78.1 Å². The maximum absolute atomic E-state index is 15.3. The monoisotopic (exact) mass is 898 g/mol. The average Bonchev–Trinajstić information content (AvgIpc) is 3.31. The first-order valence-electron chi connectivity index (χ1n) is 24.3. The van der Waals surface area contributed by atoms with E-state index in [-0.39, 0.29) is 47.3 Å². The number of rotatable bonds is 18. The number of carbonyl (C=O) groups excluding carboxylic acids is 4. The molecule has 0 atom stereocenters. The number of imide groups is 2. The highest BCUT2D eigenvalue weighted by atomic mass is 16.5. The predicted octanol–water partition coefficient (Wildman–Crippen LogP) is 13.2. The number of carbonyl (C=O) groups is 4. The van der Waals surface area contributed by atoms with Gasteiger partial charge in [-0.25, -0.2) is 9.80 Å². The maximum Gasteiger partial charge on any atom is 0.266 e. The van der Waals surface area contributed by atoms with Gasteiger partial charge in [0, 0.05) is 39.6 Å². The molecule has 346 valence electrons. The predicted molar refractivity (Wildman–Crippen MR) is 270 cm³/mol. The van der Waals surface area contributed by atoms with Crippen LogP contribution >= 0.6 is 0 Å². The molecule has 2 aliphatic heterocycles. The Labute approximate surface area is 393 Å². The topological polar surface area (TPSA) is 102 Å². The number of ether oxygens (including phenoxy) is 3. The smallest absolute Gasteiger partial charge is 0.266 e. The number of anilines is 2. The Morgan fingerprint density at radius 2 is 0.806 bits per heavy atom. The lowest BCUT2D eigenvalue weighted by Crippen LogP contribution is -2.42. The van der Waals surface area contributed by atoms with Crippen molar-refractivity contribution in [2.45, 2.75) is 105 Å². The van der Waals surface area contributed by atoms with Gasteiger partial charge in [-0.05, 0) is 121 Å². The largest absolute Gasteiger partial charge is 0.379 e. The van der Waals surface area contributed by atoms with E-state index in [2.05, 4.69) is 62.3 Å². The second kappa shape index (κ2) is 18.6. The number of amides is 4. The first-order valence-corrected chi connectivity index (χ1v) is 24.3. The molecule has 4 amide bonds. The van der Waals surface area contributed by atoms with Gasteiger partial charge in [0.25, 0.3) is 23.6 Å². The number of para-hydroxylation sites is 2. The lowest BCUT2D eigenvalue weighted by molar-refractivity contribution is 0.0146. The summed E-state index contributed by atoms with van der Waals surface area (Å²) in [5, 5.41) is 6.29. The third-order valence-electron chi connectivity index (χ3n) is 13.9. The Hall–Kier alpha value is -6.00. The van der Waals surface area contributed by atoms with Crippen LogP contribution < -0.4 is 9.80 Å². The summed E-state index contributed by atoms with van der Waals surface area (Å²) in [7, 11) is 0. The number of benzene rings is 7. The van der Waals surface area contributed by atoms with Gasteiger partial charge >= 0.3 is 0 Å². The van der Waals surface area contributed by atoms with Crippen molar-refractivity contribution in [3.8, 4) is 0 Å². The molecule has 2 aliphatic rings. The van der Waals surface area contributed by atoms with Crippen molar-refractivity contribution < 1.29 is 33.4 Å². The van der Waals surface area contributed by atoms with Crippen LogP contribution in [0.4, 0.5) is 11.4 Å². The molecule has 7 aromatic rings. The second-order valence-electron chi connectivity index (χ2n) is 19.5. The molecule has 0 fully saturated rings. The molecule has 0 aliphatic carbocycles. The van der Waals surface area contributed by atoms with E-state index in [0.29, 0.717) is 83.9 Å². The van der Waals surface area contributed by atoms with Crippen LogP contribution in [-0.2, 0) is 20.6 Å². The summed E-state index contributed by atoms with van der Waals surface area (Å²) in [6.45, 7) is 21.7. The van der Waals surface area contributed by atoms with E-state index in [4.69, 9.17) is 14.2 Å². The third kappa shape index (κ3) is 7.69. The van der Waals surface area contributed by atoms with Gasteiger partial charge < -0.3 is 14.2 Å². The highest BCUT2D eigenvalue weighted by Gasteiger charge is 2.41. The van der Waals surface area contributed by atoms with E-state index >= 15 is 19.2 Å². The standard InChI is InChI=1S/C58H62N2O7/c1-10-11-25-65-27-29-67-30-28-66-26-24-36-31-47-51-46(57(63)60(58(47)64)54-39(34(6)7)16-13-17-40(54)35(8)9)22-19-42-41-18-21-44-50-45(23-20-43(49(41)50)48(36)52(42)51)56(62)59(55(44)61)53-37(32(2)3)14-12-15-38(53)33(4)5/h12-23,31-35H,10-11,24-30H2,1-9H3. The summed E-state index contributed by atoms with van der Waals surface area (Å²) in [5.41, 5.74) is 7.82. The number of fused-ring (bicyclic) bond motifs is 2. The van der Waals surface area contributed by atoms with Crippen LogP contribution in [0, 0.1) is 0 Å². The lowest BCUT2D eigenvalue weighted by Gasteiger charge is -2.34. The summed E-state index contributed by atoms with van der Waals surface area (Å²) < 4.78 is 17.6. The minimum absolute atomic E-state index is 0.0583. The normalized spacial score (nSPS) is 14.2. The summed E-state index contributed by atoms with van der Waals surface area (Å²) in [4.78, 5) is 63.2. The van der Waals surface area contributed by atoms with Crippen molar-refractivity contribution in [2.75, 3.05) is 49.4 Å². The highest BCUT2D eigenvalue weighted by Crippen LogP contribution is 2.50. The van der Waals surface area contributed by atoms with Gasteiger partial charge in [-0.1, -0.05) is 123 Å². The number of nitrogens with zero attached hydrogens (tertiary/aromatic N) is 2. The fourth-order valence-electron chi connectivity index (χ4n) is 10.6. The van der Waals surface area contributed by atoms with Crippen LogP contribution in [0.3, 0.4) is 0 Å². The number of hydrogen-bond donors (Lipinski definition) is 0. The number of unbranched alkanes of at least 4 members (excludes halogenated alkanes) is 1. The fourth-order valence-corrected chi connectivity index (χ4v) is 10.6. The zero-order chi connectivity index (χ0) is 47.4. The Balaban J connectivity index is 1.21. The van der Waals surface area contributed by atoms with Crippen LogP contribution in [0.25, 0.3) is 43.1 Å². The molecule has 0 saturated heterocycles. The average molecular weight is 899 g/mol. The molecule has 67 heavy (non-hydrogen) atoms. The van der Waals surface area contributed by atoms with Gasteiger partial charge in [0.15, 0.2) is 0 Å². The quantitative estimate of drug-likeness (QED) is 0.0366. The van der Waals surface area contributed by atoms with Crippen molar-refractivity contribution in [3.05, 3.63) is 129 Å². The Kier molecular flexibility index (Phi) is 12.8. The molecule has 0 N–H and O–H groups in total. The van der Waals surface area contributed by atoms with Gasteiger partial charge in [0.2, 0.25) is 0 Å². The van der Waals surface area contributed by atoms with Crippen molar-refractivity contribution in [3.63, 3.8) is 0 Å². The van der Waals surface area contributed by atoms with Crippen LogP contribution in [0.1, 0.15) is 168 Å². The Morgan fingerprint density at radius 3 is 1.25 bits per heavy atom. The summed E-state index contributed by atoms with van der Waals surface area (Å²) >= 11 is 0. The third-order valence-corrected chi connectivity index (χ3v) is 13.9. The Bertz CT molecular complexity index is 3030. The molecule has 0 bridgehead atoms. The SMILES string of the molecule is CCCCOCCOCCOCCc1cc2c3c(ccc4c5ccc6c7c(ccc(c1c34)c75)C(=O)N(c1c(C(C)C)cccc1C(C)C)C6=O)C(=O)N(c1c(C(C)C)cccc1C(C)C)C2=O. The minimum Gasteiger partial charge on any atom is -0.379 e. The van der Waals surface area contributed by atoms with Gasteiger partial charge in [0.05, 0.1) is 44.4 Å². The zero-order valence-electron chi connectivity index (χ0n) is 40.4. The van der Waals surface area contributed by atoms with E-state index in [1.807, 2.05) is 78.9 Å². The molecule has 0 aromatic heterocycles. The molecular weight excluding hydrogens is 837 g/mol. The van der Waals surface area contributed by atoms with E-state index < -0.39 is 0 Å². The van der Waals surface area contributed by atoms with Crippen molar-refractivity contribution in [1.29, 1.82) is 0 Å². The highest BCUT2D eigenvalue weighted by molar-refractivity contribution is 6.46. The van der Waals surface area contributed by atoms with Crippen LogP contribution in [0.5, 0.6) is 0 Å². The molecule has 2 heterocycles. The molecule has 9 heteroatoms. The molecule has 0 saturated carbocycles.